The molecule has 1 aromatic rings. The monoisotopic (exact) mass is 269 g/mol. The van der Waals surface area contributed by atoms with Crippen LogP contribution in [0.5, 0.6) is 5.75 Å². The maximum Gasteiger partial charge on any atom is 0.125 e. The minimum absolute atomic E-state index is 0.636. The minimum Gasteiger partial charge on any atom is -0.496 e. The van der Waals surface area contributed by atoms with Crippen LogP contribution in [-0.4, -0.2) is 37.3 Å². The van der Waals surface area contributed by atoms with Crippen molar-refractivity contribution in [2.75, 3.05) is 27.2 Å². The van der Waals surface area contributed by atoms with E-state index in [0.717, 1.165) is 31.5 Å². The number of rotatable bonds is 2. The van der Waals surface area contributed by atoms with Gasteiger partial charge in [0.2, 0.25) is 0 Å². The molecule has 100 valence electrons. The number of hydrogen-bond donors (Lipinski definition) is 1. The van der Waals surface area contributed by atoms with Gasteiger partial charge >= 0.3 is 0 Å². The first-order valence-electron chi connectivity index (χ1n) is 6.30. The number of aliphatic hydroxyl groups is 1. The average molecular weight is 270 g/mol. The lowest BCUT2D eigenvalue weighted by Gasteiger charge is -2.29. The van der Waals surface area contributed by atoms with Gasteiger partial charge in [0.25, 0.3) is 0 Å². The molecular weight excluding hydrogens is 250 g/mol. The molecule has 0 aromatic heterocycles. The highest BCUT2D eigenvalue weighted by Gasteiger charge is 2.34. The molecule has 1 saturated heterocycles. The second kappa shape index (κ2) is 5.47. The van der Waals surface area contributed by atoms with Crippen LogP contribution in [0.4, 0.5) is 0 Å². The van der Waals surface area contributed by atoms with E-state index in [1.165, 1.54) is 0 Å². The number of likely N-dealkylation sites (tertiary alicyclic amines) is 1. The lowest BCUT2D eigenvalue weighted by atomic mass is 9.86. The van der Waals surface area contributed by atoms with Crippen LogP contribution in [-0.2, 0) is 5.60 Å². The van der Waals surface area contributed by atoms with Gasteiger partial charge in [0.05, 0.1) is 12.7 Å². The Morgan fingerprint density at radius 3 is 2.83 bits per heavy atom. The fraction of sp³-hybridized carbons (Fsp3) is 0.571. The molecule has 4 heteroatoms. The second-order valence-corrected chi connectivity index (χ2v) is 5.47. The molecule has 0 aliphatic carbocycles. The summed E-state index contributed by atoms with van der Waals surface area (Å²) in [4.78, 5) is 2.25. The molecule has 1 heterocycles. The first-order valence-corrected chi connectivity index (χ1v) is 6.68. The van der Waals surface area contributed by atoms with E-state index in [1.54, 1.807) is 13.2 Å². The summed E-state index contributed by atoms with van der Waals surface area (Å²) in [7, 11) is 3.71. The van der Waals surface area contributed by atoms with E-state index >= 15 is 0 Å². The van der Waals surface area contributed by atoms with Crippen LogP contribution >= 0.6 is 11.6 Å². The zero-order chi connectivity index (χ0) is 13.2. The molecule has 2 rings (SSSR count). The summed E-state index contributed by atoms with van der Waals surface area (Å²) in [5, 5.41) is 11.5. The Hall–Kier alpha value is -0.770. The summed E-state index contributed by atoms with van der Waals surface area (Å²) >= 11 is 6.05. The molecule has 1 fully saturated rings. The van der Waals surface area contributed by atoms with E-state index in [1.807, 2.05) is 12.1 Å². The highest BCUT2D eigenvalue weighted by atomic mass is 35.5. The van der Waals surface area contributed by atoms with Crippen LogP contribution in [0.15, 0.2) is 18.2 Å². The van der Waals surface area contributed by atoms with Gasteiger partial charge in [0, 0.05) is 17.1 Å². The van der Waals surface area contributed by atoms with Gasteiger partial charge in [-0.3, -0.25) is 0 Å². The Morgan fingerprint density at radius 2 is 2.11 bits per heavy atom. The molecule has 0 bridgehead atoms. The molecule has 18 heavy (non-hydrogen) atoms. The molecule has 1 aromatic carbocycles. The van der Waals surface area contributed by atoms with Crippen molar-refractivity contribution in [2.24, 2.45) is 0 Å². The van der Waals surface area contributed by atoms with E-state index in [0.29, 0.717) is 17.2 Å². The fourth-order valence-electron chi connectivity index (χ4n) is 2.57. The Kier molecular flexibility index (Phi) is 4.15. The molecule has 0 spiro atoms. The molecule has 1 N–H and O–H groups in total. The predicted molar refractivity (Wildman–Crippen MR) is 73.2 cm³/mol. The van der Waals surface area contributed by atoms with Gasteiger partial charge < -0.3 is 14.7 Å². The van der Waals surface area contributed by atoms with Crippen molar-refractivity contribution >= 4 is 11.6 Å². The lowest BCUT2D eigenvalue weighted by molar-refractivity contribution is 0.0196. The first kappa shape index (κ1) is 13.7. The van der Waals surface area contributed by atoms with Crippen LogP contribution in [0.3, 0.4) is 0 Å². The highest BCUT2D eigenvalue weighted by molar-refractivity contribution is 6.30. The molecule has 1 aliphatic rings. The highest BCUT2D eigenvalue weighted by Crippen LogP contribution is 2.39. The fourth-order valence-corrected chi connectivity index (χ4v) is 2.74. The number of benzene rings is 1. The molecule has 3 nitrogen and oxygen atoms in total. The summed E-state index contributed by atoms with van der Waals surface area (Å²) in [6.07, 6.45) is 2.43. The topological polar surface area (TPSA) is 32.7 Å². The van der Waals surface area contributed by atoms with Crippen molar-refractivity contribution in [1.82, 2.24) is 4.90 Å². The largest absolute Gasteiger partial charge is 0.496 e. The third-order valence-corrected chi connectivity index (χ3v) is 3.94. The van der Waals surface area contributed by atoms with E-state index in [9.17, 15) is 5.11 Å². The summed E-state index contributed by atoms with van der Waals surface area (Å²) < 4.78 is 5.35. The summed E-state index contributed by atoms with van der Waals surface area (Å²) in [5.74, 6) is 0.714. The second-order valence-electron chi connectivity index (χ2n) is 5.03. The van der Waals surface area contributed by atoms with Crippen LogP contribution in [0.2, 0.25) is 5.02 Å². The summed E-state index contributed by atoms with van der Waals surface area (Å²) in [6, 6.07) is 5.44. The van der Waals surface area contributed by atoms with Crippen LogP contribution in [0, 0.1) is 0 Å². The molecule has 0 amide bonds. The molecule has 1 unspecified atom stereocenters. The van der Waals surface area contributed by atoms with Gasteiger partial charge in [-0.2, -0.15) is 0 Å². The smallest absolute Gasteiger partial charge is 0.125 e. The van der Waals surface area contributed by atoms with Gasteiger partial charge in [-0.25, -0.2) is 0 Å². The SMILES string of the molecule is COc1ccc(Cl)cc1C1(O)CCCN(C)CC1. The van der Waals surface area contributed by atoms with Crippen molar-refractivity contribution < 1.29 is 9.84 Å². The first-order chi connectivity index (χ1) is 8.55. The van der Waals surface area contributed by atoms with E-state index in [4.69, 9.17) is 16.3 Å². The van der Waals surface area contributed by atoms with E-state index < -0.39 is 5.60 Å². The van der Waals surface area contributed by atoms with Gasteiger partial charge in [-0.15, -0.1) is 0 Å². The van der Waals surface area contributed by atoms with Gasteiger partial charge in [0.1, 0.15) is 5.75 Å². The van der Waals surface area contributed by atoms with Crippen LogP contribution < -0.4 is 4.74 Å². The van der Waals surface area contributed by atoms with Crippen molar-refractivity contribution in [3.63, 3.8) is 0 Å². The number of halogens is 1. The normalized spacial score (nSPS) is 25.8. The Bertz CT molecular complexity index is 424. The quantitative estimate of drug-likeness (QED) is 0.896. The number of ether oxygens (including phenoxy) is 1. The van der Waals surface area contributed by atoms with Crippen molar-refractivity contribution in [2.45, 2.75) is 24.9 Å². The predicted octanol–water partition coefficient (Wildman–Crippen LogP) is 2.65. The Balaban J connectivity index is 2.36. The average Bonchev–Trinajstić information content (AvgIpc) is 2.52. The van der Waals surface area contributed by atoms with Crippen LogP contribution in [0.25, 0.3) is 0 Å². The number of hydrogen-bond acceptors (Lipinski definition) is 3. The molecule has 0 saturated carbocycles. The van der Waals surface area contributed by atoms with Gasteiger partial charge in [-0.05, 0) is 51.1 Å². The third-order valence-electron chi connectivity index (χ3n) is 3.70. The maximum absolute atomic E-state index is 10.9. The van der Waals surface area contributed by atoms with E-state index in [-0.39, 0.29) is 0 Å². The Labute approximate surface area is 113 Å². The molecule has 0 radical (unpaired) electrons. The van der Waals surface area contributed by atoms with Crippen LogP contribution in [0.1, 0.15) is 24.8 Å². The molecule has 1 atom stereocenters. The summed E-state index contributed by atoms with van der Waals surface area (Å²) in [5.41, 5.74) is -0.0196. The standard InChI is InChI=1S/C14H20ClNO2/c1-16-8-3-6-14(17,7-9-16)12-10-11(15)4-5-13(12)18-2/h4-5,10,17H,3,6-9H2,1-2H3. The zero-order valence-corrected chi connectivity index (χ0v) is 11.7. The Morgan fingerprint density at radius 1 is 1.33 bits per heavy atom. The third kappa shape index (κ3) is 2.79. The molecular formula is C14H20ClNO2. The van der Waals surface area contributed by atoms with Gasteiger partial charge in [-0.1, -0.05) is 11.6 Å². The number of nitrogens with zero attached hydrogens (tertiary/aromatic N) is 1. The lowest BCUT2D eigenvalue weighted by Crippen LogP contribution is -2.28. The van der Waals surface area contributed by atoms with Gasteiger partial charge in [0.15, 0.2) is 0 Å². The molecule has 1 aliphatic heterocycles. The minimum atomic E-state index is -0.832. The van der Waals surface area contributed by atoms with E-state index in [2.05, 4.69) is 11.9 Å². The summed E-state index contributed by atoms with van der Waals surface area (Å²) in [6.45, 7) is 1.90. The number of methoxy groups -OCH3 is 1. The van der Waals surface area contributed by atoms with Crippen molar-refractivity contribution in [3.8, 4) is 5.75 Å². The van der Waals surface area contributed by atoms with Crippen molar-refractivity contribution in [1.29, 1.82) is 0 Å². The maximum atomic E-state index is 10.9. The zero-order valence-electron chi connectivity index (χ0n) is 10.9. The van der Waals surface area contributed by atoms with Crippen molar-refractivity contribution in [3.05, 3.63) is 28.8 Å².